The van der Waals surface area contributed by atoms with Crippen LogP contribution in [0.2, 0.25) is 15.1 Å². The number of aliphatic carboxylic acids is 1. The van der Waals surface area contributed by atoms with Gasteiger partial charge in [-0.1, -0.05) is 34.8 Å². The van der Waals surface area contributed by atoms with E-state index in [2.05, 4.69) is 0 Å². The van der Waals surface area contributed by atoms with Crippen LogP contribution in [0.5, 0.6) is 0 Å². The number of rotatable bonds is 3. The fraction of sp³-hybridized carbons (Fsp3) is 0.200. The van der Waals surface area contributed by atoms with Crippen molar-refractivity contribution in [3.8, 4) is 0 Å². The SMILES string of the molecule is C[C@H](C(=O)[O-])C(=O)c1cc(Cl)c(Cl)cc1Cl. The second-order valence-corrected chi connectivity index (χ2v) is 4.37. The lowest BCUT2D eigenvalue weighted by Gasteiger charge is -2.12. The molecule has 0 fully saturated rings. The van der Waals surface area contributed by atoms with Crippen LogP contribution in [0.15, 0.2) is 12.1 Å². The lowest BCUT2D eigenvalue weighted by Crippen LogP contribution is -2.34. The Morgan fingerprint density at radius 2 is 1.62 bits per heavy atom. The van der Waals surface area contributed by atoms with E-state index < -0.39 is 17.7 Å². The van der Waals surface area contributed by atoms with Gasteiger partial charge in [0.2, 0.25) is 0 Å². The van der Waals surface area contributed by atoms with E-state index in [-0.39, 0.29) is 20.6 Å². The molecule has 0 saturated carbocycles. The van der Waals surface area contributed by atoms with E-state index in [1.54, 1.807) is 0 Å². The molecular formula is C10H6Cl3O3-. The van der Waals surface area contributed by atoms with Crippen molar-refractivity contribution < 1.29 is 14.7 Å². The fourth-order valence-corrected chi connectivity index (χ4v) is 1.69. The average molecular weight is 281 g/mol. The summed E-state index contributed by atoms with van der Waals surface area (Å²) in [6.45, 7) is 1.22. The van der Waals surface area contributed by atoms with E-state index in [4.69, 9.17) is 34.8 Å². The van der Waals surface area contributed by atoms with Crippen LogP contribution in [0, 0.1) is 5.92 Å². The van der Waals surface area contributed by atoms with Crippen molar-refractivity contribution in [2.45, 2.75) is 6.92 Å². The van der Waals surface area contributed by atoms with E-state index in [0.717, 1.165) is 0 Å². The summed E-state index contributed by atoms with van der Waals surface area (Å²) in [6.07, 6.45) is 0. The highest BCUT2D eigenvalue weighted by Gasteiger charge is 2.20. The van der Waals surface area contributed by atoms with Crippen molar-refractivity contribution in [2.75, 3.05) is 0 Å². The monoisotopic (exact) mass is 279 g/mol. The number of carboxylic acid groups (broad SMARTS) is 1. The Morgan fingerprint density at radius 3 is 2.12 bits per heavy atom. The highest BCUT2D eigenvalue weighted by atomic mass is 35.5. The number of carboxylic acids is 1. The van der Waals surface area contributed by atoms with Gasteiger partial charge in [0.05, 0.1) is 27.0 Å². The Labute approximate surface area is 107 Å². The molecule has 1 atom stereocenters. The van der Waals surface area contributed by atoms with Crippen molar-refractivity contribution in [3.63, 3.8) is 0 Å². The summed E-state index contributed by atoms with van der Waals surface area (Å²) >= 11 is 17.2. The molecule has 0 radical (unpaired) electrons. The molecule has 16 heavy (non-hydrogen) atoms. The molecule has 0 saturated heterocycles. The first kappa shape index (κ1) is 13.3. The van der Waals surface area contributed by atoms with Gasteiger partial charge >= 0.3 is 0 Å². The van der Waals surface area contributed by atoms with Crippen molar-refractivity contribution >= 4 is 46.6 Å². The summed E-state index contributed by atoms with van der Waals surface area (Å²) in [5, 5.41) is 10.9. The van der Waals surface area contributed by atoms with Crippen molar-refractivity contribution in [1.82, 2.24) is 0 Å². The number of benzene rings is 1. The van der Waals surface area contributed by atoms with Gasteiger partial charge < -0.3 is 9.90 Å². The first-order chi connectivity index (χ1) is 7.34. The minimum Gasteiger partial charge on any atom is -0.549 e. The number of carbonyl (C=O) groups excluding carboxylic acids is 2. The van der Waals surface area contributed by atoms with Crippen molar-refractivity contribution in [3.05, 3.63) is 32.8 Å². The van der Waals surface area contributed by atoms with E-state index in [0.29, 0.717) is 0 Å². The molecule has 0 spiro atoms. The highest BCUT2D eigenvalue weighted by molar-refractivity contribution is 6.44. The van der Waals surface area contributed by atoms with E-state index >= 15 is 0 Å². The Kier molecular flexibility index (Phi) is 4.19. The number of halogens is 3. The largest absolute Gasteiger partial charge is 0.549 e. The van der Waals surface area contributed by atoms with Crippen LogP contribution in [0.1, 0.15) is 17.3 Å². The van der Waals surface area contributed by atoms with E-state index in [1.165, 1.54) is 19.1 Å². The van der Waals surface area contributed by atoms with Crippen molar-refractivity contribution in [1.29, 1.82) is 0 Å². The second kappa shape index (κ2) is 5.04. The maximum absolute atomic E-state index is 11.7. The Morgan fingerprint density at radius 1 is 1.12 bits per heavy atom. The lowest BCUT2D eigenvalue weighted by molar-refractivity contribution is -0.308. The molecule has 0 aliphatic rings. The third kappa shape index (κ3) is 2.67. The molecule has 6 heteroatoms. The molecule has 0 bridgehead atoms. The molecule has 0 amide bonds. The Hall–Kier alpha value is -0.770. The van der Waals surface area contributed by atoms with Gasteiger partial charge in [-0.3, -0.25) is 4.79 Å². The Balaban J connectivity index is 3.19. The summed E-state index contributed by atoms with van der Waals surface area (Å²) in [5.74, 6) is -3.41. The molecule has 0 N–H and O–H groups in total. The number of carbonyl (C=O) groups is 2. The van der Waals surface area contributed by atoms with Crippen LogP contribution in [0.3, 0.4) is 0 Å². The molecule has 0 heterocycles. The van der Waals surface area contributed by atoms with Crippen LogP contribution in [0.4, 0.5) is 0 Å². The molecule has 0 aromatic heterocycles. The van der Waals surface area contributed by atoms with E-state index in [9.17, 15) is 14.7 Å². The van der Waals surface area contributed by atoms with Gasteiger partial charge in [-0.05, 0) is 19.1 Å². The molecule has 1 aromatic carbocycles. The zero-order valence-electron chi connectivity index (χ0n) is 8.09. The summed E-state index contributed by atoms with van der Waals surface area (Å²) in [7, 11) is 0. The molecule has 0 aliphatic carbocycles. The Bertz CT molecular complexity index is 457. The molecule has 86 valence electrons. The normalized spacial score (nSPS) is 12.2. The van der Waals surface area contributed by atoms with Gasteiger partial charge in [-0.25, -0.2) is 0 Å². The third-order valence-corrected chi connectivity index (χ3v) is 3.06. The lowest BCUT2D eigenvalue weighted by atomic mass is 9.99. The molecule has 1 rings (SSSR count). The van der Waals surface area contributed by atoms with Crippen LogP contribution in [-0.4, -0.2) is 11.8 Å². The molecule has 3 nitrogen and oxygen atoms in total. The number of hydrogen-bond donors (Lipinski definition) is 0. The topological polar surface area (TPSA) is 57.2 Å². The van der Waals surface area contributed by atoms with Gasteiger partial charge in [-0.15, -0.1) is 0 Å². The van der Waals surface area contributed by atoms with Crippen LogP contribution >= 0.6 is 34.8 Å². The van der Waals surface area contributed by atoms with Crippen LogP contribution in [0.25, 0.3) is 0 Å². The highest BCUT2D eigenvalue weighted by Crippen LogP contribution is 2.30. The molecule has 0 aliphatic heterocycles. The first-order valence-corrected chi connectivity index (χ1v) is 5.37. The van der Waals surface area contributed by atoms with Gasteiger partial charge in [-0.2, -0.15) is 0 Å². The zero-order chi connectivity index (χ0) is 12.5. The van der Waals surface area contributed by atoms with E-state index in [1.807, 2.05) is 0 Å². The summed E-state index contributed by atoms with van der Waals surface area (Å²) < 4.78 is 0. The standard InChI is InChI=1S/C10H7Cl3O3/c1-4(10(15)16)9(14)5-2-7(12)8(13)3-6(5)11/h2-4H,1H3,(H,15,16)/p-1/t4-/m0/s1. The zero-order valence-corrected chi connectivity index (χ0v) is 10.4. The maximum atomic E-state index is 11.7. The van der Waals surface area contributed by atoms with Crippen LogP contribution in [-0.2, 0) is 4.79 Å². The number of hydrogen-bond acceptors (Lipinski definition) is 3. The number of ketones is 1. The average Bonchev–Trinajstić information content (AvgIpc) is 2.21. The predicted molar refractivity (Wildman–Crippen MR) is 60.0 cm³/mol. The van der Waals surface area contributed by atoms with Gasteiger partial charge in [0.25, 0.3) is 0 Å². The molecular weight excluding hydrogens is 274 g/mol. The molecule has 1 aromatic rings. The van der Waals surface area contributed by atoms with Gasteiger partial charge in [0.1, 0.15) is 0 Å². The quantitative estimate of drug-likeness (QED) is 0.484. The maximum Gasteiger partial charge on any atom is 0.172 e. The van der Waals surface area contributed by atoms with Gasteiger partial charge in [0, 0.05) is 5.56 Å². The summed E-state index contributed by atoms with van der Waals surface area (Å²) in [4.78, 5) is 22.2. The fourth-order valence-electron chi connectivity index (χ4n) is 1.05. The minimum atomic E-state index is -1.47. The van der Waals surface area contributed by atoms with Crippen LogP contribution < -0.4 is 5.11 Å². The number of Topliss-reactive ketones (excluding diaryl/α,β-unsaturated/α-hetero) is 1. The third-order valence-electron chi connectivity index (χ3n) is 2.02. The first-order valence-electron chi connectivity index (χ1n) is 4.24. The molecule has 0 unspecified atom stereocenters. The minimum absolute atomic E-state index is 0.0211. The smallest absolute Gasteiger partial charge is 0.172 e. The predicted octanol–water partition coefficient (Wildman–Crippen LogP) is 2.22. The summed E-state index contributed by atoms with van der Waals surface area (Å²) in [6, 6.07) is 2.54. The second-order valence-electron chi connectivity index (χ2n) is 3.15. The summed E-state index contributed by atoms with van der Waals surface area (Å²) in [5.41, 5.74) is 0.0211. The van der Waals surface area contributed by atoms with Crippen molar-refractivity contribution in [2.24, 2.45) is 5.92 Å². The van der Waals surface area contributed by atoms with Gasteiger partial charge in [0.15, 0.2) is 5.78 Å².